The molecule has 0 aliphatic carbocycles. The largest absolute Gasteiger partial charge is 0.497 e. The molecule has 0 unspecified atom stereocenters. The summed E-state index contributed by atoms with van der Waals surface area (Å²) >= 11 is 7.41. The van der Waals surface area contributed by atoms with Crippen molar-refractivity contribution in [3.05, 3.63) is 53.1 Å². The van der Waals surface area contributed by atoms with Crippen molar-refractivity contribution in [3.63, 3.8) is 0 Å². The van der Waals surface area contributed by atoms with Gasteiger partial charge in [-0.25, -0.2) is 9.78 Å². The van der Waals surface area contributed by atoms with Crippen LogP contribution in [0.25, 0.3) is 10.2 Å². The summed E-state index contributed by atoms with van der Waals surface area (Å²) in [7, 11) is 1.65. The molecule has 0 atom stereocenters. The van der Waals surface area contributed by atoms with Crippen LogP contribution in [0.2, 0.25) is 5.02 Å². The van der Waals surface area contributed by atoms with Crippen molar-refractivity contribution >= 4 is 39.2 Å². The highest BCUT2D eigenvalue weighted by Crippen LogP contribution is 2.32. The maximum absolute atomic E-state index is 12.4. The minimum Gasteiger partial charge on any atom is -0.497 e. The molecule has 4 rings (SSSR count). The van der Waals surface area contributed by atoms with Crippen LogP contribution in [0.1, 0.15) is 18.4 Å². The summed E-state index contributed by atoms with van der Waals surface area (Å²) in [4.78, 5) is 18.8. The van der Waals surface area contributed by atoms with Gasteiger partial charge < -0.3 is 19.7 Å². The summed E-state index contributed by atoms with van der Waals surface area (Å²) in [5.41, 5.74) is 1.93. The average molecular weight is 432 g/mol. The lowest BCUT2D eigenvalue weighted by Gasteiger charge is -2.31. The van der Waals surface area contributed by atoms with E-state index in [2.05, 4.69) is 10.3 Å². The summed E-state index contributed by atoms with van der Waals surface area (Å²) < 4.78 is 12.4. The third kappa shape index (κ3) is 4.92. The van der Waals surface area contributed by atoms with Gasteiger partial charge in [-0.1, -0.05) is 35.1 Å². The van der Waals surface area contributed by atoms with E-state index in [0.717, 1.165) is 34.4 Å². The number of methoxy groups -OCH3 is 1. The van der Waals surface area contributed by atoms with Gasteiger partial charge in [0.05, 0.1) is 17.3 Å². The SMILES string of the molecule is COc1ccc2nc(OC3CCN(C(=O)NCc4ccc(Cl)cc4)CC3)sc2c1. The molecule has 1 fully saturated rings. The van der Waals surface area contributed by atoms with E-state index < -0.39 is 0 Å². The zero-order valence-corrected chi connectivity index (χ0v) is 17.6. The number of hydrogen-bond acceptors (Lipinski definition) is 5. The summed E-state index contributed by atoms with van der Waals surface area (Å²) in [6.45, 7) is 1.81. The zero-order chi connectivity index (χ0) is 20.2. The van der Waals surface area contributed by atoms with Crippen LogP contribution in [-0.4, -0.2) is 42.2 Å². The van der Waals surface area contributed by atoms with Crippen molar-refractivity contribution in [1.82, 2.24) is 15.2 Å². The first-order valence-corrected chi connectivity index (χ1v) is 10.7. The van der Waals surface area contributed by atoms with Crippen molar-refractivity contribution in [2.24, 2.45) is 0 Å². The second-order valence-corrected chi connectivity index (χ2v) is 8.33. The number of piperidine rings is 1. The summed E-state index contributed by atoms with van der Waals surface area (Å²) in [6.07, 6.45) is 1.64. The zero-order valence-electron chi connectivity index (χ0n) is 16.1. The lowest BCUT2D eigenvalue weighted by molar-refractivity contribution is 0.111. The van der Waals surface area contributed by atoms with Crippen molar-refractivity contribution < 1.29 is 14.3 Å². The Labute approximate surface area is 178 Å². The Kier molecular flexibility index (Phi) is 6.06. The number of likely N-dealkylation sites (tertiary alicyclic amines) is 1. The number of benzene rings is 2. The van der Waals surface area contributed by atoms with Crippen LogP contribution >= 0.6 is 22.9 Å². The minimum atomic E-state index is -0.0505. The van der Waals surface area contributed by atoms with Gasteiger partial charge in [0.1, 0.15) is 11.9 Å². The van der Waals surface area contributed by atoms with Crippen LogP contribution in [0, 0.1) is 0 Å². The highest BCUT2D eigenvalue weighted by Gasteiger charge is 2.24. The summed E-state index contributed by atoms with van der Waals surface area (Å²) in [6, 6.07) is 13.2. The van der Waals surface area contributed by atoms with Gasteiger partial charge in [-0.3, -0.25) is 0 Å². The van der Waals surface area contributed by atoms with E-state index in [1.807, 2.05) is 47.4 Å². The van der Waals surface area contributed by atoms with Gasteiger partial charge in [-0.15, -0.1) is 0 Å². The predicted octanol–water partition coefficient (Wildman–Crippen LogP) is 4.71. The van der Waals surface area contributed by atoms with Gasteiger partial charge in [0, 0.05) is 37.5 Å². The Hall–Kier alpha value is -2.51. The van der Waals surface area contributed by atoms with Crippen molar-refractivity contribution in [3.8, 4) is 10.9 Å². The average Bonchev–Trinajstić information content (AvgIpc) is 3.15. The maximum atomic E-state index is 12.4. The highest BCUT2D eigenvalue weighted by molar-refractivity contribution is 7.20. The molecule has 1 aliphatic heterocycles. The summed E-state index contributed by atoms with van der Waals surface area (Å²) in [5.74, 6) is 0.811. The number of urea groups is 1. The van der Waals surface area contributed by atoms with Gasteiger partial charge in [0.25, 0.3) is 5.19 Å². The fourth-order valence-corrected chi connectivity index (χ4v) is 4.31. The van der Waals surface area contributed by atoms with E-state index in [9.17, 15) is 4.79 Å². The molecular weight excluding hydrogens is 410 g/mol. The fourth-order valence-electron chi connectivity index (χ4n) is 3.27. The van der Waals surface area contributed by atoms with Crippen LogP contribution in [0.3, 0.4) is 0 Å². The Bertz CT molecular complexity index is 985. The Balaban J connectivity index is 1.26. The van der Waals surface area contributed by atoms with Gasteiger partial charge >= 0.3 is 6.03 Å². The van der Waals surface area contributed by atoms with Crippen LogP contribution in [0.4, 0.5) is 4.79 Å². The van der Waals surface area contributed by atoms with Gasteiger partial charge in [-0.2, -0.15) is 0 Å². The smallest absolute Gasteiger partial charge is 0.317 e. The number of rotatable bonds is 5. The molecule has 2 amide bonds. The second kappa shape index (κ2) is 8.88. The van der Waals surface area contributed by atoms with E-state index in [-0.39, 0.29) is 12.1 Å². The number of halogens is 1. The first-order chi connectivity index (χ1) is 14.1. The molecule has 29 heavy (non-hydrogen) atoms. The number of aromatic nitrogens is 1. The number of nitrogens with one attached hydrogen (secondary N) is 1. The number of amides is 2. The molecule has 1 N–H and O–H groups in total. The van der Waals surface area contributed by atoms with Crippen molar-refractivity contribution in [1.29, 1.82) is 0 Å². The molecule has 2 heterocycles. The Morgan fingerprint density at radius 3 is 2.72 bits per heavy atom. The van der Waals surface area contributed by atoms with Crippen molar-refractivity contribution in [2.45, 2.75) is 25.5 Å². The first-order valence-electron chi connectivity index (χ1n) is 9.49. The second-order valence-electron chi connectivity index (χ2n) is 6.90. The summed E-state index contributed by atoms with van der Waals surface area (Å²) in [5, 5.41) is 4.32. The molecule has 1 aromatic heterocycles. The molecule has 2 aromatic carbocycles. The molecular formula is C21H22ClN3O3S. The number of hydrogen-bond donors (Lipinski definition) is 1. The quantitative estimate of drug-likeness (QED) is 0.635. The monoisotopic (exact) mass is 431 g/mol. The Morgan fingerprint density at radius 2 is 2.00 bits per heavy atom. The number of thiazole rings is 1. The standard InChI is InChI=1S/C21H22ClN3O3S/c1-27-17-6-7-18-19(12-17)29-21(24-18)28-16-8-10-25(11-9-16)20(26)23-13-14-2-4-15(22)5-3-14/h2-7,12,16H,8-11,13H2,1H3,(H,23,26). The molecule has 8 heteroatoms. The Morgan fingerprint density at radius 1 is 1.24 bits per heavy atom. The molecule has 1 aliphatic rings. The van der Waals surface area contributed by atoms with Crippen LogP contribution in [0.15, 0.2) is 42.5 Å². The third-order valence-corrected chi connectivity index (χ3v) is 6.09. The molecule has 0 bridgehead atoms. The topological polar surface area (TPSA) is 63.7 Å². The van der Waals surface area contributed by atoms with Crippen LogP contribution < -0.4 is 14.8 Å². The molecule has 6 nitrogen and oxygen atoms in total. The number of ether oxygens (including phenoxy) is 2. The van der Waals surface area contributed by atoms with Gasteiger partial charge in [-0.05, 0) is 35.9 Å². The number of carbonyl (C=O) groups is 1. The normalized spacial score (nSPS) is 14.8. The van der Waals surface area contributed by atoms with E-state index >= 15 is 0 Å². The first kappa shape index (κ1) is 19.8. The van der Waals surface area contributed by atoms with Crippen molar-refractivity contribution in [2.75, 3.05) is 20.2 Å². The molecule has 0 saturated carbocycles. The molecule has 3 aromatic rings. The van der Waals surface area contributed by atoms with E-state index in [4.69, 9.17) is 21.1 Å². The number of fused-ring (bicyclic) bond motifs is 1. The maximum Gasteiger partial charge on any atom is 0.317 e. The molecule has 152 valence electrons. The van der Waals surface area contributed by atoms with E-state index in [1.165, 1.54) is 11.3 Å². The lowest BCUT2D eigenvalue weighted by atomic mass is 10.1. The predicted molar refractivity (Wildman–Crippen MR) is 115 cm³/mol. The van der Waals surface area contributed by atoms with Crippen LogP contribution in [0.5, 0.6) is 10.9 Å². The van der Waals surface area contributed by atoms with E-state index in [1.54, 1.807) is 7.11 Å². The molecule has 0 spiro atoms. The molecule has 1 saturated heterocycles. The number of nitrogens with zero attached hydrogens (tertiary/aromatic N) is 2. The van der Waals surface area contributed by atoms with Gasteiger partial charge in [0.15, 0.2) is 0 Å². The molecule has 0 radical (unpaired) electrons. The van der Waals surface area contributed by atoms with E-state index in [0.29, 0.717) is 29.9 Å². The van der Waals surface area contributed by atoms with Gasteiger partial charge in [0.2, 0.25) is 0 Å². The van der Waals surface area contributed by atoms with Crippen LogP contribution in [-0.2, 0) is 6.54 Å². The fraction of sp³-hybridized carbons (Fsp3) is 0.333. The lowest BCUT2D eigenvalue weighted by Crippen LogP contribution is -2.46. The number of carbonyl (C=O) groups excluding carboxylic acids is 1. The highest BCUT2D eigenvalue weighted by atomic mass is 35.5. The minimum absolute atomic E-state index is 0.0505. The third-order valence-electron chi connectivity index (χ3n) is 4.93.